The van der Waals surface area contributed by atoms with Crippen molar-refractivity contribution in [1.82, 2.24) is 0 Å². The quantitative estimate of drug-likeness (QED) is 0.696. The molecule has 0 aromatic heterocycles. The van der Waals surface area contributed by atoms with Crippen LogP contribution < -0.4 is 4.18 Å². The van der Waals surface area contributed by atoms with Crippen LogP contribution in [0.15, 0.2) is 24.3 Å². The monoisotopic (exact) mass is 200 g/mol. The molecule has 0 fully saturated rings. The Labute approximate surface area is 78.5 Å². The topological polar surface area (TPSA) is 43.4 Å². The van der Waals surface area contributed by atoms with Crippen LogP contribution >= 0.6 is 0 Å². The average molecular weight is 200 g/mol. The third-order valence-electron chi connectivity index (χ3n) is 1.59. The van der Waals surface area contributed by atoms with Gasteiger partial charge in [0.15, 0.2) is 0 Å². The molecular weight excluding hydrogens is 188 g/mol. The number of benzene rings is 1. The normalized spacial score (nSPS) is 11.2. The second-order valence-corrected chi connectivity index (χ2v) is 4.32. The van der Waals surface area contributed by atoms with Gasteiger partial charge in [0.1, 0.15) is 5.75 Å². The molecule has 1 rings (SSSR count). The molecule has 3 nitrogen and oxygen atoms in total. The molecule has 0 unspecified atom stereocenters. The molecule has 0 heterocycles. The Kier molecular flexibility index (Phi) is 2.93. The lowest BCUT2D eigenvalue weighted by atomic mass is 10.1. The van der Waals surface area contributed by atoms with Gasteiger partial charge in [-0.25, -0.2) is 0 Å². The molecule has 4 heteroatoms. The Bertz CT molecular complexity index is 382. The molecule has 0 aliphatic rings. The van der Waals surface area contributed by atoms with Crippen molar-refractivity contribution in [3.05, 3.63) is 29.8 Å². The summed E-state index contributed by atoms with van der Waals surface area (Å²) in [6.45, 7) is 1.95. The van der Waals surface area contributed by atoms with E-state index in [2.05, 4.69) is 0 Å². The van der Waals surface area contributed by atoms with E-state index in [1.165, 1.54) is 0 Å². The molecule has 0 N–H and O–H groups in total. The minimum atomic E-state index is -3.41. The van der Waals surface area contributed by atoms with Crippen LogP contribution in [-0.2, 0) is 16.5 Å². The van der Waals surface area contributed by atoms with Gasteiger partial charge in [-0.1, -0.05) is 25.1 Å². The molecule has 0 bridgehead atoms. The number of aryl methyl sites for hydroxylation is 1. The van der Waals surface area contributed by atoms with Crippen LogP contribution in [0, 0.1) is 0 Å². The summed E-state index contributed by atoms with van der Waals surface area (Å²) in [4.78, 5) is 0. The summed E-state index contributed by atoms with van der Waals surface area (Å²) < 4.78 is 26.5. The summed E-state index contributed by atoms with van der Waals surface area (Å²) >= 11 is 0. The minimum Gasteiger partial charge on any atom is -0.382 e. The van der Waals surface area contributed by atoms with Gasteiger partial charge in [-0.15, -0.1) is 0 Å². The van der Waals surface area contributed by atoms with Gasteiger partial charge in [-0.05, 0) is 18.1 Å². The standard InChI is InChI=1S/C9H12O3S/c1-3-8-6-4-5-7-9(8)12-13(2,10)11/h4-7H,3H2,1-2H3. The highest BCUT2D eigenvalue weighted by Crippen LogP contribution is 2.19. The lowest BCUT2D eigenvalue weighted by Crippen LogP contribution is -2.07. The van der Waals surface area contributed by atoms with Crippen molar-refractivity contribution in [3.63, 3.8) is 0 Å². The molecule has 72 valence electrons. The van der Waals surface area contributed by atoms with Gasteiger partial charge in [-0.2, -0.15) is 8.42 Å². The molecule has 0 spiro atoms. The maximum absolute atomic E-state index is 10.8. The fraction of sp³-hybridized carbons (Fsp3) is 0.333. The lowest BCUT2D eigenvalue weighted by Gasteiger charge is -2.06. The van der Waals surface area contributed by atoms with Crippen molar-refractivity contribution in [2.45, 2.75) is 13.3 Å². The van der Waals surface area contributed by atoms with Crippen molar-refractivity contribution in [1.29, 1.82) is 0 Å². The Balaban J connectivity index is 3.01. The van der Waals surface area contributed by atoms with Crippen LogP contribution in [0.2, 0.25) is 0 Å². The molecule has 1 aromatic rings. The summed E-state index contributed by atoms with van der Waals surface area (Å²) in [5.74, 6) is 0.424. The van der Waals surface area contributed by atoms with E-state index in [4.69, 9.17) is 4.18 Å². The van der Waals surface area contributed by atoms with Crippen molar-refractivity contribution >= 4 is 10.1 Å². The maximum atomic E-state index is 10.8. The molecule has 0 aliphatic heterocycles. The largest absolute Gasteiger partial charge is 0.382 e. The van der Waals surface area contributed by atoms with Crippen molar-refractivity contribution < 1.29 is 12.6 Å². The fourth-order valence-corrected chi connectivity index (χ4v) is 1.53. The Morgan fingerprint density at radius 3 is 2.46 bits per heavy atom. The van der Waals surface area contributed by atoms with Crippen LogP contribution in [0.4, 0.5) is 0 Å². The van der Waals surface area contributed by atoms with Crippen LogP contribution in [0.25, 0.3) is 0 Å². The zero-order valence-corrected chi connectivity index (χ0v) is 8.47. The zero-order valence-electron chi connectivity index (χ0n) is 7.65. The summed E-state index contributed by atoms with van der Waals surface area (Å²) in [5, 5.41) is 0. The molecular formula is C9H12O3S. The summed E-state index contributed by atoms with van der Waals surface area (Å²) in [6, 6.07) is 7.11. The molecule has 0 amide bonds. The molecule has 1 aromatic carbocycles. The number of hydrogen-bond acceptors (Lipinski definition) is 3. The van der Waals surface area contributed by atoms with Gasteiger partial charge >= 0.3 is 10.1 Å². The Hall–Kier alpha value is -1.03. The highest BCUT2D eigenvalue weighted by molar-refractivity contribution is 7.86. The lowest BCUT2D eigenvalue weighted by molar-refractivity contribution is 0.490. The van der Waals surface area contributed by atoms with Gasteiger partial charge in [0.25, 0.3) is 0 Å². The number of rotatable bonds is 3. The molecule has 0 saturated carbocycles. The molecule has 0 saturated heterocycles. The van der Waals surface area contributed by atoms with Gasteiger partial charge < -0.3 is 4.18 Å². The third-order valence-corrected chi connectivity index (χ3v) is 2.08. The Morgan fingerprint density at radius 1 is 1.31 bits per heavy atom. The number of hydrogen-bond donors (Lipinski definition) is 0. The van der Waals surface area contributed by atoms with Gasteiger partial charge in [0.2, 0.25) is 0 Å². The smallest absolute Gasteiger partial charge is 0.306 e. The maximum Gasteiger partial charge on any atom is 0.306 e. The number of para-hydroxylation sites is 1. The van der Waals surface area contributed by atoms with E-state index < -0.39 is 10.1 Å². The zero-order chi connectivity index (χ0) is 9.90. The molecule has 0 aliphatic carbocycles. The molecule has 0 atom stereocenters. The predicted molar refractivity (Wildman–Crippen MR) is 51.3 cm³/mol. The summed E-state index contributed by atoms with van der Waals surface area (Å²) in [5.41, 5.74) is 0.896. The first-order chi connectivity index (χ1) is 6.03. The van der Waals surface area contributed by atoms with Crippen LogP contribution in [0.3, 0.4) is 0 Å². The van der Waals surface area contributed by atoms with E-state index in [1.54, 1.807) is 12.1 Å². The van der Waals surface area contributed by atoms with Crippen molar-refractivity contribution in [2.24, 2.45) is 0 Å². The van der Waals surface area contributed by atoms with E-state index in [1.807, 2.05) is 19.1 Å². The third kappa shape index (κ3) is 3.06. The van der Waals surface area contributed by atoms with Gasteiger partial charge in [-0.3, -0.25) is 0 Å². The minimum absolute atomic E-state index is 0.424. The SMILES string of the molecule is CCc1ccccc1OS(C)(=O)=O. The first-order valence-electron chi connectivity index (χ1n) is 4.00. The highest BCUT2D eigenvalue weighted by Gasteiger charge is 2.07. The van der Waals surface area contributed by atoms with E-state index in [-0.39, 0.29) is 0 Å². The van der Waals surface area contributed by atoms with Gasteiger partial charge in [0.05, 0.1) is 6.26 Å². The average Bonchev–Trinajstić information content (AvgIpc) is 2.02. The second-order valence-electron chi connectivity index (χ2n) is 2.75. The van der Waals surface area contributed by atoms with Gasteiger partial charge in [0, 0.05) is 0 Å². The van der Waals surface area contributed by atoms with Crippen LogP contribution in [-0.4, -0.2) is 14.7 Å². The molecule has 0 radical (unpaired) electrons. The first-order valence-corrected chi connectivity index (χ1v) is 5.82. The summed E-state index contributed by atoms with van der Waals surface area (Å²) in [7, 11) is -3.41. The second kappa shape index (κ2) is 3.79. The Morgan fingerprint density at radius 2 is 1.92 bits per heavy atom. The van der Waals surface area contributed by atoms with E-state index in [0.29, 0.717) is 5.75 Å². The van der Waals surface area contributed by atoms with Crippen molar-refractivity contribution in [3.8, 4) is 5.75 Å². The fourth-order valence-electron chi connectivity index (χ4n) is 1.04. The predicted octanol–water partition coefficient (Wildman–Crippen LogP) is 1.59. The van der Waals surface area contributed by atoms with Crippen LogP contribution in [0.5, 0.6) is 5.75 Å². The van der Waals surface area contributed by atoms with E-state index in [9.17, 15) is 8.42 Å². The van der Waals surface area contributed by atoms with Crippen molar-refractivity contribution in [2.75, 3.05) is 6.26 Å². The van der Waals surface area contributed by atoms with Crippen LogP contribution in [0.1, 0.15) is 12.5 Å². The first kappa shape index (κ1) is 10.1. The highest BCUT2D eigenvalue weighted by atomic mass is 32.2. The van der Waals surface area contributed by atoms with E-state index in [0.717, 1.165) is 18.2 Å². The molecule has 13 heavy (non-hydrogen) atoms. The summed E-state index contributed by atoms with van der Waals surface area (Å²) in [6.07, 6.45) is 1.80. The van der Waals surface area contributed by atoms with E-state index >= 15 is 0 Å².